The van der Waals surface area contributed by atoms with Gasteiger partial charge in [-0.3, -0.25) is 9.09 Å². The monoisotopic (exact) mass is 405 g/mol. The molecule has 1 aliphatic rings. The number of hydroxylamine groups is 1. The molecule has 1 fully saturated rings. The SMILES string of the molecule is NC(=O)NOP(=O)(O)OC[C@H]1O[C@@H](n2cnc3c(N)ncnc32)C(O)C1O. The van der Waals surface area contributed by atoms with Gasteiger partial charge in [-0.05, 0) is 0 Å². The third kappa shape index (κ3) is 3.98. The molecule has 0 aliphatic carbocycles. The van der Waals surface area contributed by atoms with Crippen LogP contribution in [-0.2, 0) is 18.5 Å². The van der Waals surface area contributed by atoms with E-state index in [2.05, 4.69) is 24.1 Å². The molecule has 0 saturated carbocycles. The molecule has 5 atom stereocenters. The van der Waals surface area contributed by atoms with Crippen LogP contribution in [0.15, 0.2) is 12.7 Å². The molecule has 3 unspecified atom stereocenters. The van der Waals surface area contributed by atoms with Crippen molar-refractivity contribution in [3.63, 3.8) is 0 Å². The number of imidazole rings is 1. The maximum Gasteiger partial charge on any atom is 0.493 e. The first-order chi connectivity index (χ1) is 12.7. The Morgan fingerprint density at radius 2 is 2.11 bits per heavy atom. The predicted octanol–water partition coefficient (Wildman–Crippen LogP) is -2.26. The van der Waals surface area contributed by atoms with E-state index in [1.54, 1.807) is 0 Å². The number of urea groups is 1. The number of aliphatic hydroxyl groups excluding tert-OH is 2. The number of aromatic nitrogens is 4. The van der Waals surface area contributed by atoms with Crippen LogP contribution < -0.4 is 16.9 Å². The maximum atomic E-state index is 11.6. The van der Waals surface area contributed by atoms with E-state index in [9.17, 15) is 24.5 Å². The summed E-state index contributed by atoms with van der Waals surface area (Å²) in [5.74, 6) is 0.118. The van der Waals surface area contributed by atoms with Crippen LogP contribution in [0, 0.1) is 0 Å². The number of hydrogen-bond donors (Lipinski definition) is 6. The maximum absolute atomic E-state index is 11.6. The number of anilines is 1. The lowest BCUT2D eigenvalue weighted by atomic mass is 10.1. The smallest absolute Gasteiger partial charge is 0.387 e. The third-order valence-corrected chi connectivity index (χ3v) is 4.46. The molecular formula is C11H16N7O8P. The van der Waals surface area contributed by atoms with Crippen LogP contribution >= 0.6 is 7.82 Å². The molecular weight excluding hydrogens is 389 g/mol. The van der Waals surface area contributed by atoms with E-state index < -0.39 is 45.0 Å². The highest BCUT2D eigenvalue weighted by molar-refractivity contribution is 7.47. The number of primary amides is 1. The first-order valence-corrected chi connectivity index (χ1v) is 8.85. The Kier molecular flexibility index (Phi) is 5.25. The number of phosphoric ester groups is 1. The lowest BCUT2D eigenvalue weighted by Crippen LogP contribution is -2.34. The number of fused-ring (bicyclic) bond motifs is 1. The second-order valence-electron chi connectivity index (χ2n) is 5.45. The minimum atomic E-state index is -4.71. The molecule has 8 N–H and O–H groups in total. The number of carbonyl (C=O) groups excluding carboxylic acids is 1. The summed E-state index contributed by atoms with van der Waals surface area (Å²) in [4.78, 5) is 31.7. The van der Waals surface area contributed by atoms with Crippen LogP contribution in [0.2, 0.25) is 0 Å². The molecule has 0 spiro atoms. The minimum absolute atomic E-state index is 0.118. The highest BCUT2D eigenvalue weighted by atomic mass is 31.2. The van der Waals surface area contributed by atoms with Crippen LogP contribution in [0.4, 0.5) is 10.6 Å². The molecule has 0 aromatic carbocycles. The molecule has 148 valence electrons. The number of amides is 2. The Balaban J connectivity index is 1.71. The Bertz CT molecular complexity index is 893. The van der Waals surface area contributed by atoms with Gasteiger partial charge in [0.1, 0.15) is 30.2 Å². The van der Waals surface area contributed by atoms with Crippen molar-refractivity contribution >= 4 is 30.8 Å². The highest BCUT2D eigenvalue weighted by Gasteiger charge is 2.45. The van der Waals surface area contributed by atoms with Crippen molar-refractivity contribution in [2.75, 3.05) is 12.3 Å². The van der Waals surface area contributed by atoms with Gasteiger partial charge in [-0.2, -0.15) is 4.62 Å². The van der Waals surface area contributed by atoms with Crippen molar-refractivity contribution in [3.8, 4) is 0 Å². The standard InChI is InChI=1S/C11H16N7O8P/c12-8-5-9(15-2-14-8)18(3-16-5)10-7(20)6(19)4(25-10)1-24-27(22,23)26-17-11(13)21/h2-4,6-7,10,19-20H,1H2,(H,22,23)(H2,12,14,15)(H3,13,17,21)/t4-,6?,7?,10-/m1/s1. The second-order valence-corrected chi connectivity index (χ2v) is 6.83. The molecule has 2 aromatic heterocycles. The van der Waals surface area contributed by atoms with E-state index in [1.807, 2.05) is 0 Å². The summed E-state index contributed by atoms with van der Waals surface area (Å²) in [7, 11) is -4.71. The summed E-state index contributed by atoms with van der Waals surface area (Å²) in [5.41, 5.74) is 12.4. The van der Waals surface area contributed by atoms with Gasteiger partial charge in [0.25, 0.3) is 0 Å². The molecule has 2 amide bonds. The average molecular weight is 405 g/mol. The molecule has 0 radical (unpaired) electrons. The van der Waals surface area contributed by atoms with Crippen molar-refractivity contribution in [2.45, 2.75) is 24.5 Å². The number of nitrogen functional groups attached to an aromatic ring is 1. The van der Waals surface area contributed by atoms with Crippen molar-refractivity contribution in [3.05, 3.63) is 12.7 Å². The van der Waals surface area contributed by atoms with E-state index in [-0.39, 0.29) is 17.0 Å². The molecule has 27 heavy (non-hydrogen) atoms. The second kappa shape index (κ2) is 7.32. The molecule has 2 aromatic rings. The lowest BCUT2D eigenvalue weighted by molar-refractivity contribution is -0.0523. The van der Waals surface area contributed by atoms with E-state index in [4.69, 9.17) is 16.2 Å². The van der Waals surface area contributed by atoms with Gasteiger partial charge in [-0.15, -0.1) is 0 Å². The van der Waals surface area contributed by atoms with E-state index in [0.29, 0.717) is 0 Å². The fourth-order valence-corrected chi connectivity index (χ4v) is 3.04. The summed E-state index contributed by atoms with van der Waals surface area (Å²) in [5, 5.41) is 20.4. The fourth-order valence-electron chi connectivity index (χ4n) is 2.45. The van der Waals surface area contributed by atoms with Gasteiger partial charge in [0.05, 0.1) is 12.9 Å². The van der Waals surface area contributed by atoms with Crippen molar-refractivity contribution in [1.29, 1.82) is 0 Å². The quantitative estimate of drug-likeness (QED) is 0.221. The number of aliphatic hydroxyl groups is 2. The average Bonchev–Trinajstić information content (AvgIpc) is 3.15. The van der Waals surface area contributed by atoms with Gasteiger partial charge >= 0.3 is 13.9 Å². The zero-order chi connectivity index (χ0) is 19.8. The Labute approximate surface area is 150 Å². The van der Waals surface area contributed by atoms with Gasteiger partial charge in [0.2, 0.25) is 0 Å². The normalized spacial score (nSPS) is 27.5. The largest absolute Gasteiger partial charge is 0.493 e. The minimum Gasteiger partial charge on any atom is -0.387 e. The zero-order valence-corrected chi connectivity index (χ0v) is 14.3. The summed E-state index contributed by atoms with van der Waals surface area (Å²) in [6, 6.07) is -1.21. The number of nitrogens with two attached hydrogens (primary N) is 2. The number of ether oxygens (including phenoxy) is 1. The van der Waals surface area contributed by atoms with Crippen LogP contribution in [0.3, 0.4) is 0 Å². The Hall–Kier alpha value is -2.39. The van der Waals surface area contributed by atoms with Crippen molar-refractivity contribution in [1.82, 2.24) is 25.0 Å². The van der Waals surface area contributed by atoms with Crippen LogP contribution in [-0.4, -0.2) is 65.6 Å². The van der Waals surface area contributed by atoms with Crippen LogP contribution in [0.5, 0.6) is 0 Å². The number of rotatable bonds is 6. The predicted molar refractivity (Wildman–Crippen MR) is 85.2 cm³/mol. The topological polar surface area (TPSA) is 230 Å². The summed E-state index contributed by atoms with van der Waals surface area (Å²) in [6.07, 6.45) is -2.77. The number of nitrogens with zero attached hydrogens (tertiary/aromatic N) is 4. The third-order valence-electron chi connectivity index (χ3n) is 3.66. The number of carbonyl (C=O) groups is 1. The number of hydrogen-bond acceptors (Lipinski definition) is 11. The van der Waals surface area contributed by atoms with Crippen molar-refractivity contribution < 1.29 is 38.4 Å². The summed E-state index contributed by atoms with van der Waals surface area (Å²) in [6.45, 7) is -0.646. The van der Waals surface area contributed by atoms with Crippen molar-refractivity contribution in [2.24, 2.45) is 5.73 Å². The Morgan fingerprint density at radius 1 is 1.37 bits per heavy atom. The molecule has 16 heteroatoms. The molecule has 3 rings (SSSR count). The number of phosphoric acid groups is 1. The molecule has 15 nitrogen and oxygen atoms in total. The summed E-state index contributed by atoms with van der Waals surface area (Å²) < 4.78 is 27.1. The molecule has 1 aliphatic heterocycles. The van der Waals surface area contributed by atoms with Crippen LogP contribution in [0.1, 0.15) is 6.23 Å². The first-order valence-electron chi connectivity index (χ1n) is 7.35. The van der Waals surface area contributed by atoms with Gasteiger partial charge < -0.3 is 31.3 Å². The Morgan fingerprint density at radius 3 is 2.81 bits per heavy atom. The van der Waals surface area contributed by atoms with Crippen LogP contribution in [0.25, 0.3) is 11.2 Å². The molecule has 3 heterocycles. The van der Waals surface area contributed by atoms with E-state index in [1.165, 1.54) is 22.7 Å². The fraction of sp³-hybridized carbons (Fsp3) is 0.455. The van der Waals surface area contributed by atoms with Gasteiger partial charge in [0, 0.05) is 0 Å². The highest BCUT2D eigenvalue weighted by Crippen LogP contribution is 2.43. The van der Waals surface area contributed by atoms with Gasteiger partial charge in [0.15, 0.2) is 17.7 Å². The first kappa shape index (κ1) is 19.4. The van der Waals surface area contributed by atoms with E-state index in [0.717, 1.165) is 0 Å². The van der Waals surface area contributed by atoms with E-state index >= 15 is 0 Å². The van der Waals surface area contributed by atoms with Gasteiger partial charge in [-0.1, -0.05) is 0 Å². The summed E-state index contributed by atoms with van der Waals surface area (Å²) >= 11 is 0. The zero-order valence-electron chi connectivity index (χ0n) is 13.4. The lowest BCUT2D eigenvalue weighted by Gasteiger charge is -2.17. The van der Waals surface area contributed by atoms with Gasteiger partial charge in [-0.25, -0.2) is 29.8 Å². The molecule has 1 saturated heterocycles. The number of nitrogens with one attached hydrogen (secondary N) is 1. The molecule has 0 bridgehead atoms.